The highest BCUT2D eigenvalue weighted by atomic mass is 16.3. The van der Waals surface area contributed by atoms with Gasteiger partial charge in [0, 0.05) is 49.1 Å². The van der Waals surface area contributed by atoms with Crippen molar-refractivity contribution >= 4 is 0 Å². The Morgan fingerprint density at radius 2 is 1.79 bits per heavy atom. The Morgan fingerprint density at radius 3 is 2.39 bits per heavy atom. The minimum Gasteiger partial charge on any atom is -0.502 e. The van der Waals surface area contributed by atoms with E-state index in [2.05, 4.69) is 38.8 Å². The standard InChI is InChI=1S/C26H28N4O3/c27-23-11-12-30(15-23)14-20-5-3-18(4-6-20)1-2-19-7-9-21(10-8-19)22(16-31)13-24-25(32)26(33)29-17-28-24/h3-10,17,22-23,31-32H,11-16,27H2,(H,28,29,33)/t22?,23-/m1/s1. The maximum absolute atomic E-state index is 11.6. The third-order valence-electron chi connectivity index (χ3n) is 5.97. The molecule has 7 heteroatoms. The molecular weight excluding hydrogens is 416 g/mol. The van der Waals surface area contributed by atoms with Gasteiger partial charge in [0.2, 0.25) is 5.75 Å². The number of hydrogen-bond donors (Lipinski definition) is 4. The molecule has 4 rings (SSSR count). The number of aromatic amines is 1. The summed E-state index contributed by atoms with van der Waals surface area (Å²) in [6.45, 7) is 2.79. The summed E-state index contributed by atoms with van der Waals surface area (Å²) in [5, 5.41) is 19.7. The van der Waals surface area contributed by atoms with Gasteiger partial charge in [-0.05, 0) is 41.8 Å². The van der Waals surface area contributed by atoms with Gasteiger partial charge in [-0.1, -0.05) is 36.1 Å². The van der Waals surface area contributed by atoms with Crippen molar-refractivity contribution < 1.29 is 10.2 Å². The van der Waals surface area contributed by atoms with Crippen LogP contribution in [-0.2, 0) is 13.0 Å². The monoisotopic (exact) mass is 444 g/mol. The van der Waals surface area contributed by atoms with Gasteiger partial charge in [-0.15, -0.1) is 0 Å². The number of nitrogens with one attached hydrogen (secondary N) is 1. The third kappa shape index (κ3) is 5.88. The number of aliphatic hydroxyl groups excluding tert-OH is 1. The molecule has 0 amide bonds. The van der Waals surface area contributed by atoms with Crippen LogP contribution in [0.5, 0.6) is 5.75 Å². The minimum absolute atomic E-state index is 0.130. The highest BCUT2D eigenvalue weighted by molar-refractivity contribution is 5.44. The molecule has 2 heterocycles. The predicted octanol–water partition coefficient (Wildman–Crippen LogP) is 1.73. The van der Waals surface area contributed by atoms with E-state index in [1.807, 2.05) is 36.4 Å². The molecule has 0 spiro atoms. The van der Waals surface area contributed by atoms with Crippen molar-refractivity contribution in [2.24, 2.45) is 5.73 Å². The number of aromatic nitrogens is 2. The number of nitrogens with two attached hydrogens (primary N) is 1. The number of H-pyrrole nitrogens is 1. The summed E-state index contributed by atoms with van der Waals surface area (Å²) in [5.41, 5.74) is 9.61. The van der Waals surface area contributed by atoms with Crippen LogP contribution in [0.3, 0.4) is 0 Å². The summed E-state index contributed by atoms with van der Waals surface area (Å²) in [6.07, 6.45) is 2.57. The molecule has 0 aliphatic carbocycles. The zero-order valence-electron chi connectivity index (χ0n) is 18.4. The zero-order chi connectivity index (χ0) is 23.2. The number of aliphatic hydroxyl groups is 1. The molecule has 5 N–H and O–H groups in total. The zero-order valence-corrected chi connectivity index (χ0v) is 18.4. The Bertz CT molecular complexity index is 1190. The molecule has 1 aromatic heterocycles. The summed E-state index contributed by atoms with van der Waals surface area (Å²) < 4.78 is 0. The lowest BCUT2D eigenvalue weighted by Crippen LogP contribution is -2.26. The van der Waals surface area contributed by atoms with Crippen LogP contribution in [0.4, 0.5) is 0 Å². The molecule has 7 nitrogen and oxygen atoms in total. The largest absolute Gasteiger partial charge is 0.502 e. The Balaban J connectivity index is 1.39. The summed E-state index contributed by atoms with van der Waals surface area (Å²) in [6, 6.07) is 16.2. The summed E-state index contributed by atoms with van der Waals surface area (Å²) in [4.78, 5) is 20.3. The van der Waals surface area contributed by atoms with E-state index in [1.54, 1.807) is 0 Å². The molecule has 2 aromatic carbocycles. The van der Waals surface area contributed by atoms with Crippen molar-refractivity contribution in [2.45, 2.75) is 31.3 Å². The van der Waals surface area contributed by atoms with Gasteiger partial charge in [0.1, 0.15) is 0 Å². The van der Waals surface area contributed by atoms with E-state index in [-0.39, 0.29) is 24.6 Å². The van der Waals surface area contributed by atoms with Crippen LogP contribution < -0.4 is 11.3 Å². The van der Waals surface area contributed by atoms with Gasteiger partial charge in [0.05, 0.1) is 18.6 Å². The molecule has 170 valence electrons. The van der Waals surface area contributed by atoms with E-state index in [1.165, 1.54) is 11.9 Å². The van der Waals surface area contributed by atoms with E-state index in [0.717, 1.165) is 42.7 Å². The first-order valence-electron chi connectivity index (χ1n) is 11.1. The average molecular weight is 445 g/mol. The van der Waals surface area contributed by atoms with Crippen LogP contribution >= 0.6 is 0 Å². The van der Waals surface area contributed by atoms with Crippen LogP contribution in [-0.4, -0.2) is 50.8 Å². The van der Waals surface area contributed by atoms with Crippen molar-refractivity contribution in [3.05, 3.63) is 93.2 Å². The van der Waals surface area contributed by atoms with Crippen LogP contribution in [0, 0.1) is 11.8 Å². The highest BCUT2D eigenvalue weighted by Gasteiger charge is 2.19. The SMILES string of the molecule is N[C@@H]1CCN(Cc2ccc(C#Cc3ccc(C(CO)Cc4nc[nH]c(=O)c4O)cc3)cc2)C1. The molecule has 1 aliphatic rings. The molecule has 1 fully saturated rings. The van der Waals surface area contributed by atoms with Crippen molar-refractivity contribution in [3.63, 3.8) is 0 Å². The lowest BCUT2D eigenvalue weighted by Gasteiger charge is -2.15. The Labute approximate surface area is 192 Å². The maximum atomic E-state index is 11.6. The van der Waals surface area contributed by atoms with Crippen LogP contribution in [0.2, 0.25) is 0 Å². The Kier molecular flexibility index (Phi) is 7.20. The van der Waals surface area contributed by atoms with Gasteiger partial charge in [-0.3, -0.25) is 9.69 Å². The fraction of sp³-hybridized carbons (Fsp3) is 0.308. The number of benzene rings is 2. The first kappa shape index (κ1) is 22.7. The Morgan fingerprint density at radius 1 is 1.12 bits per heavy atom. The van der Waals surface area contributed by atoms with Gasteiger partial charge in [0.25, 0.3) is 5.56 Å². The fourth-order valence-corrected chi connectivity index (χ4v) is 4.04. The summed E-state index contributed by atoms with van der Waals surface area (Å²) in [7, 11) is 0. The van der Waals surface area contributed by atoms with E-state index < -0.39 is 11.3 Å². The topological polar surface area (TPSA) is 115 Å². The smallest absolute Gasteiger partial charge is 0.293 e. The molecule has 1 unspecified atom stereocenters. The number of nitrogens with zero attached hydrogens (tertiary/aromatic N) is 2. The number of hydrogen-bond acceptors (Lipinski definition) is 6. The van der Waals surface area contributed by atoms with Crippen LogP contribution in [0.1, 0.15) is 40.3 Å². The predicted molar refractivity (Wildman–Crippen MR) is 127 cm³/mol. The maximum Gasteiger partial charge on any atom is 0.293 e. The number of aromatic hydroxyl groups is 1. The number of likely N-dealkylation sites (tertiary alicyclic amines) is 1. The third-order valence-corrected chi connectivity index (χ3v) is 5.97. The molecule has 0 bridgehead atoms. The van der Waals surface area contributed by atoms with Crippen LogP contribution in [0.15, 0.2) is 59.7 Å². The quantitative estimate of drug-likeness (QED) is 0.431. The molecule has 0 saturated carbocycles. The van der Waals surface area contributed by atoms with Crippen molar-refractivity contribution in [2.75, 3.05) is 19.7 Å². The molecule has 2 atom stereocenters. The highest BCUT2D eigenvalue weighted by Crippen LogP contribution is 2.22. The second kappa shape index (κ2) is 10.5. The molecule has 3 aromatic rings. The second-order valence-electron chi connectivity index (χ2n) is 8.46. The van der Waals surface area contributed by atoms with Gasteiger partial charge in [-0.2, -0.15) is 0 Å². The molecule has 1 aliphatic heterocycles. The molecule has 33 heavy (non-hydrogen) atoms. The van der Waals surface area contributed by atoms with Gasteiger partial charge < -0.3 is 20.9 Å². The Hall–Kier alpha value is -3.44. The lowest BCUT2D eigenvalue weighted by molar-refractivity contribution is 0.263. The van der Waals surface area contributed by atoms with E-state index in [9.17, 15) is 15.0 Å². The van der Waals surface area contributed by atoms with Gasteiger partial charge >= 0.3 is 0 Å². The van der Waals surface area contributed by atoms with Crippen molar-refractivity contribution in [1.82, 2.24) is 14.9 Å². The van der Waals surface area contributed by atoms with E-state index >= 15 is 0 Å². The van der Waals surface area contributed by atoms with Crippen LogP contribution in [0.25, 0.3) is 0 Å². The molecule has 1 saturated heterocycles. The normalized spacial score (nSPS) is 16.8. The number of rotatable bonds is 6. The molecule has 0 radical (unpaired) electrons. The van der Waals surface area contributed by atoms with Gasteiger partial charge in [-0.25, -0.2) is 4.98 Å². The van der Waals surface area contributed by atoms with E-state index in [4.69, 9.17) is 5.73 Å². The van der Waals surface area contributed by atoms with Gasteiger partial charge in [0.15, 0.2) is 0 Å². The van der Waals surface area contributed by atoms with Crippen molar-refractivity contribution in [1.29, 1.82) is 0 Å². The average Bonchev–Trinajstić information content (AvgIpc) is 3.24. The second-order valence-corrected chi connectivity index (χ2v) is 8.46. The summed E-state index contributed by atoms with van der Waals surface area (Å²) in [5.74, 6) is 5.67. The van der Waals surface area contributed by atoms with Crippen molar-refractivity contribution in [3.8, 4) is 17.6 Å². The molecular formula is C26H28N4O3. The fourth-order valence-electron chi connectivity index (χ4n) is 4.04. The lowest BCUT2D eigenvalue weighted by atomic mass is 9.94. The first-order chi connectivity index (χ1) is 16.0. The van der Waals surface area contributed by atoms with E-state index in [0.29, 0.717) is 6.04 Å². The summed E-state index contributed by atoms with van der Waals surface area (Å²) >= 11 is 0. The minimum atomic E-state index is -0.587. The first-order valence-corrected chi connectivity index (χ1v) is 11.1.